The van der Waals surface area contributed by atoms with Crippen LogP contribution in [0.2, 0.25) is 0 Å². The number of rotatable bonds is 7. The van der Waals surface area contributed by atoms with Gasteiger partial charge in [0.25, 0.3) is 0 Å². The molecule has 3 heteroatoms. The van der Waals surface area contributed by atoms with Gasteiger partial charge in [0.1, 0.15) is 0 Å². The van der Waals surface area contributed by atoms with E-state index in [1.54, 1.807) is 0 Å². The lowest BCUT2D eigenvalue weighted by molar-refractivity contribution is -0.150. The van der Waals surface area contributed by atoms with Crippen LogP contribution in [0.15, 0.2) is 0 Å². The van der Waals surface area contributed by atoms with E-state index in [1.807, 2.05) is 0 Å². The Kier molecular flexibility index (Phi) is 5.81. The van der Waals surface area contributed by atoms with Gasteiger partial charge < -0.3 is 10.4 Å². The van der Waals surface area contributed by atoms with Crippen molar-refractivity contribution in [3.63, 3.8) is 0 Å². The minimum Gasteiger partial charge on any atom is -0.481 e. The Morgan fingerprint density at radius 2 is 2.06 bits per heavy atom. The number of carbonyl (C=O) groups is 1. The number of nitrogens with one attached hydrogen (secondary N) is 1. The van der Waals surface area contributed by atoms with Crippen molar-refractivity contribution in [2.75, 3.05) is 13.1 Å². The Bertz CT molecular complexity index is 210. The fourth-order valence-corrected chi connectivity index (χ4v) is 2.54. The minimum absolute atomic E-state index is 0.468. The normalized spacial score (nSPS) is 25.6. The van der Waals surface area contributed by atoms with Gasteiger partial charge in [0, 0.05) is 6.54 Å². The molecule has 0 amide bonds. The largest absolute Gasteiger partial charge is 0.481 e. The zero-order chi connectivity index (χ0) is 11.9. The lowest BCUT2D eigenvalue weighted by atomic mass is 9.76. The second-order valence-corrected chi connectivity index (χ2v) is 5.03. The van der Waals surface area contributed by atoms with Crippen LogP contribution in [0.25, 0.3) is 0 Å². The van der Waals surface area contributed by atoms with Gasteiger partial charge in [-0.15, -0.1) is 0 Å². The van der Waals surface area contributed by atoms with Crippen LogP contribution in [0.3, 0.4) is 0 Å². The molecule has 1 unspecified atom stereocenters. The first-order valence-electron chi connectivity index (χ1n) is 6.65. The number of hydrogen-bond acceptors (Lipinski definition) is 2. The molecule has 0 aliphatic carbocycles. The predicted molar refractivity (Wildman–Crippen MR) is 65.5 cm³/mol. The minimum atomic E-state index is -0.602. The van der Waals surface area contributed by atoms with Crippen LogP contribution in [-0.4, -0.2) is 24.2 Å². The van der Waals surface area contributed by atoms with Crippen LogP contribution in [-0.2, 0) is 4.79 Å². The van der Waals surface area contributed by atoms with Crippen molar-refractivity contribution in [3.05, 3.63) is 0 Å². The van der Waals surface area contributed by atoms with Crippen molar-refractivity contribution in [2.45, 2.75) is 58.3 Å². The molecule has 1 aliphatic rings. The van der Waals surface area contributed by atoms with Crippen molar-refractivity contribution in [1.29, 1.82) is 0 Å². The molecule has 3 nitrogen and oxygen atoms in total. The first-order chi connectivity index (χ1) is 7.71. The van der Waals surface area contributed by atoms with Crippen LogP contribution >= 0.6 is 0 Å². The Labute approximate surface area is 98.6 Å². The van der Waals surface area contributed by atoms with Gasteiger partial charge in [0.2, 0.25) is 0 Å². The lowest BCUT2D eigenvalue weighted by Gasteiger charge is -2.33. The van der Waals surface area contributed by atoms with Gasteiger partial charge >= 0.3 is 5.97 Å². The van der Waals surface area contributed by atoms with Crippen LogP contribution in [0, 0.1) is 5.41 Å². The van der Waals surface area contributed by atoms with E-state index in [0.29, 0.717) is 6.54 Å². The highest BCUT2D eigenvalue weighted by Crippen LogP contribution is 2.32. The van der Waals surface area contributed by atoms with Gasteiger partial charge in [-0.05, 0) is 25.8 Å². The number of piperidine rings is 1. The first kappa shape index (κ1) is 13.5. The summed E-state index contributed by atoms with van der Waals surface area (Å²) in [6.07, 6.45) is 8.71. The summed E-state index contributed by atoms with van der Waals surface area (Å²) in [6.45, 7) is 3.84. The molecule has 1 saturated heterocycles. The maximum absolute atomic E-state index is 11.4. The Morgan fingerprint density at radius 3 is 2.62 bits per heavy atom. The average Bonchev–Trinajstić information content (AvgIpc) is 2.30. The van der Waals surface area contributed by atoms with Crippen molar-refractivity contribution in [1.82, 2.24) is 5.32 Å². The van der Waals surface area contributed by atoms with Crippen LogP contribution in [0.1, 0.15) is 58.3 Å². The molecule has 1 atom stereocenters. The summed E-state index contributed by atoms with van der Waals surface area (Å²) in [5, 5.41) is 12.6. The van der Waals surface area contributed by atoms with Crippen molar-refractivity contribution in [3.8, 4) is 0 Å². The average molecular weight is 227 g/mol. The van der Waals surface area contributed by atoms with Gasteiger partial charge in [-0.2, -0.15) is 0 Å². The third-order valence-corrected chi connectivity index (χ3v) is 3.68. The summed E-state index contributed by atoms with van der Waals surface area (Å²) in [5.41, 5.74) is -0.468. The molecule has 0 aromatic rings. The maximum Gasteiger partial charge on any atom is 0.310 e. The van der Waals surface area contributed by atoms with E-state index < -0.39 is 11.4 Å². The summed E-state index contributed by atoms with van der Waals surface area (Å²) < 4.78 is 0. The number of unbranched alkanes of at least 4 members (excludes halogenated alkanes) is 4. The summed E-state index contributed by atoms with van der Waals surface area (Å²) in [5.74, 6) is -0.602. The second-order valence-electron chi connectivity index (χ2n) is 5.03. The number of carboxylic acid groups (broad SMARTS) is 1. The Hall–Kier alpha value is -0.570. The van der Waals surface area contributed by atoms with E-state index in [1.165, 1.54) is 25.7 Å². The second kappa shape index (κ2) is 6.89. The van der Waals surface area contributed by atoms with Gasteiger partial charge in [-0.3, -0.25) is 4.79 Å². The Morgan fingerprint density at radius 1 is 1.31 bits per heavy atom. The third kappa shape index (κ3) is 3.78. The van der Waals surface area contributed by atoms with E-state index in [9.17, 15) is 9.90 Å². The van der Waals surface area contributed by atoms with Gasteiger partial charge in [-0.25, -0.2) is 0 Å². The number of hydrogen-bond donors (Lipinski definition) is 2. The van der Waals surface area contributed by atoms with Gasteiger partial charge in [-0.1, -0.05) is 39.0 Å². The number of aliphatic carboxylic acids is 1. The molecule has 16 heavy (non-hydrogen) atoms. The van der Waals surface area contributed by atoms with Crippen LogP contribution < -0.4 is 5.32 Å². The highest BCUT2D eigenvalue weighted by atomic mass is 16.4. The molecule has 1 heterocycles. The van der Waals surface area contributed by atoms with Crippen molar-refractivity contribution >= 4 is 5.97 Å². The smallest absolute Gasteiger partial charge is 0.310 e. The predicted octanol–water partition coefficient (Wildman–Crippen LogP) is 2.80. The topological polar surface area (TPSA) is 49.3 Å². The molecule has 1 rings (SSSR count). The van der Waals surface area contributed by atoms with E-state index in [-0.39, 0.29) is 0 Å². The fraction of sp³-hybridized carbons (Fsp3) is 0.923. The zero-order valence-electron chi connectivity index (χ0n) is 10.4. The SMILES string of the molecule is CCCCCCCC1(C(=O)O)CCCNC1. The zero-order valence-corrected chi connectivity index (χ0v) is 10.4. The first-order valence-corrected chi connectivity index (χ1v) is 6.65. The molecular weight excluding hydrogens is 202 g/mol. The summed E-state index contributed by atoms with van der Waals surface area (Å²) in [6, 6.07) is 0. The lowest BCUT2D eigenvalue weighted by Crippen LogP contribution is -2.45. The third-order valence-electron chi connectivity index (χ3n) is 3.68. The highest BCUT2D eigenvalue weighted by Gasteiger charge is 2.38. The molecule has 0 radical (unpaired) electrons. The molecular formula is C13H25NO2. The molecule has 0 aromatic heterocycles. The summed E-state index contributed by atoms with van der Waals surface area (Å²) in [4.78, 5) is 11.4. The monoisotopic (exact) mass is 227 g/mol. The molecule has 1 fully saturated rings. The molecule has 1 aliphatic heterocycles. The van der Waals surface area contributed by atoms with Crippen LogP contribution in [0.5, 0.6) is 0 Å². The van der Waals surface area contributed by atoms with E-state index in [0.717, 1.165) is 32.2 Å². The molecule has 94 valence electrons. The molecule has 0 aromatic carbocycles. The summed E-state index contributed by atoms with van der Waals surface area (Å²) >= 11 is 0. The van der Waals surface area contributed by atoms with E-state index >= 15 is 0 Å². The highest BCUT2D eigenvalue weighted by molar-refractivity contribution is 5.75. The fourth-order valence-electron chi connectivity index (χ4n) is 2.54. The van der Waals surface area contributed by atoms with Crippen LogP contribution in [0.4, 0.5) is 0 Å². The van der Waals surface area contributed by atoms with Crippen molar-refractivity contribution in [2.24, 2.45) is 5.41 Å². The maximum atomic E-state index is 11.4. The summed E-state index contributed by atoms with van der Waals surface area (Å²) in [7, 11) is 0. The molecule has 0 spiro atoms. The van der Waals surface area contributed by atoms with Gasteiger partial charge in [0.05, 0.1) is 5.41 Å². The van der Waals surface area contributed by atoms with Gasteiger partial charge in [0.15, 0.2) is 0 Å². The standard InChI is InChI=1S/C13H25NO2/c1-2-3-4-5-6-8-13(12(15)16)9-7-10-14-11-13/h14H,2-11H2,1H3,(H,15,16). The van der Waals surface area contributed by atoms with E-state index in [4.69, 9.17) is 0 Å². The quantitative estimate of drug-likeness (QED) is 0.657. The molecule has 0 saturated carbocycles. The Balaban J connectivity index is 2.30. The van der Waals surface area contributed by atoms with Crippen molar-refractivity contribution < 1.29 is 9.90 Å². The molecule has 0 bridgehead atoms. The van der Waals surface area contributed by atoms with E-state index in [2.05, 4.69) is 12.2 Å². The number of carboxylic acids is 1. The molecule has 2 N–H and O–H groups in total.